The number of ketones is 1. The Labute approximate surface area is 366 Å². The van der Waals surface area contributed by atoms with Gasteiger partial charge in [0.05, 0.1) is 51.5 Å². The first kappa shape index (κ1) is 47.4. The highest BCUT2D eigenvalue weighted by Gasteiger charge is 2.70. The van der Waals surface area contributed by atoms with Crippen LogP contribution in [0.4, 0.5) is 0 Å². The van der Waals surface area contributed by atoms with Crippen molar-refractivity contribution in [3.05, 3.63) is 47.5 Å². The van der Waals surface area contributed by atoms with Gasteiger partial charge in [-0.15, -0.1) is 0 Å². The molecule has 4 saturated carbocycles. The molecular formula is C51H77NO9. The molecule has 61 heavy (non-hydrogen) atoms. The van der Waals surface area contributed by atoms with Crippen LogP contribution in [0.3, 0.4) is 0 Å². The highest BCUT2D eigenvalue weighted by atomic mass is 16.6. The van der Waals surface area contributed by atoms with Crippen LogP contribution in [-0.4, -0.2) is 75.4 Å². The highest BCUT2D eigenvalue weighted by Crippen LogP contribution is 2.75. The smallest absolute Gasteiger partial charge is 0.312 e. The van der Waals surface area contributed by atoms with Crippen LogP contribution >= 0.6 is 0 Å². The number of rotatable bonds is 16. The summed E-state index contributed by atoms with van der Waals surface area (Å²) in [5.74, 6) is 0.0390. The average Bonchev–Trinajstić information content (AvgIpc) is 3.18. The molecule has 0 saturated heterocycles. The fourth-order valence-corrected chi connectivity index (χ4v) is 13.2. The number of benzene rings is 1. The number of ether oxygens (including phenoxy) is 5. The van der Waals surface area contributed by atoms with Gasteiger partial charge in [-0.2, -0.15) is 0 Å². The van der Waals surface area contributed by atoms with E-state index in [1.807, 2.05) is 51.1 Å². The van der Waals surface area contributed by atoms with Gasteiger partial charge in [-0.1, -0.05) is 77.4 Å². The second-order valence-corrected chi connectivity index (χ2v) is 22.2. The molecule has 6 rings (SSSR count). The maximum Gasteiger partial charge on any atom is 0.312 e. The van der Waals surface area contributed by atoms with Gasteiger partial charge in [-0.05, 0) is 136 Å². The highest BCUT2D eigenvalue weighted by molar-refractivity contribution is 5.96. The van der Waals surface area contributed by atoms with Gasteiger partial charge < -0.3 is 29.0 Å². The summed E-state index contributed by atoms with van der Waals surface area (Å²) in [6, 6.07) is 9.89. The Morgan fingerprint density at radius 2 is 1.41 bits per heavy atom. The summed E-state index contributed by atoms with van der Waals surface area (Å²) in [6.07, 6.45) is 10.4. The molecule has 10 heteroatoms. The van der Waals surface area contributed by atoms with Gasteiger partial charge in [0.1, 0.15) is 12.2 Å². The number of fused-ring (bicyclic) bond motifs is 7. The lowest BCUT2D eigenvalue weighted by atomic mass is 9.33. The van der Waals surface area contributed by atoms with Crippen LogP contribution < -0.4 is 5.32 Å². The van der Waals surface area contributed by atoms with E-state index in [1.165, 1.54) is 5.57 Å². The Morgan fingerprint density at radius 1 is 0.770 bits per heavy atom. The fraction of sp³-hybridized carbons (Fsp3) is 0.765. The average molecular weight is 848 g/mol. The zero-order chi connectivity index (χ0) is 44.5. The molecule has 1 N–H and O–H groups in total. The van der Waals surface area contributed by atoms with E-state index in [2.05, 4.69) is 59.9 Å². The van der Waals surface area contributed by atoms with Crippen LogP contribution in [0.5, 0.6) is 0 Å². The maximum absolute atomic E-state index is 14.9. The molecule has 0 aliphatic heterocycles. The number of esters is 2. The van der Waals surface area contributed by atoms with Gasteiger partial charge in [0.2, 0.25) is 5.91 Å². The van der Waals surface area contributed by atoms with Crippen molar-refractivity contribution >= 4 is 23.6 Å². The number of allylic oxidation sites excluding steroid dienone is 2. The number of hydrogen-bond acceptors (Lipinski definition) is 9. The predicted octanol–water partition coefficient (Wildman–Crippen LogP) is 9.22. The molecule has 1 aromatic carbocycles. The Kier molecular flexibility index (Phi) is 14.1. The van der Waals surface area contributed by atoms with Gasteiger partial charge in [0, 0.05) is 18.4 Å². The van der Waals surface area contributed by atoms with E-state index < -0.39 is 11.0 Å². The molecule has 340 valence electrons. The van der Waals surface area contributed by atoms with Gasteiger partial charge in [0.25, 0.3) is 0 Å². The van der Waals surface area contributed by atoms with Gasteiger partial charge >= 0.3 is 11.9 Å². The minimum Gasteiger partial charge on any atom is -0.460 e. The van der Waals surface area contributed by atoms with E-state index in [0.29, 0.717) is 52.6 Å². The first-order valence-electron chi connectivity index (χ1n) is 23.3. The summed E-state index contributed by atoms with van der Waals surface area (Å²) in [6.45, 7) is 24.8. The minimum atomic E-state index is -0.602. The first-order valence-corrected chi connectivity index (χ1v) is 23.3. The van der Waals surface area contributed by atoms with Crippen molar-refractivity contribution in [2.75, 3.05) is 46.2 Å². The largest absolute Gasteiger partial charge is 0.460 e. The van der Waals surface area contributed by atoms with Crippen molar-refractivity contribution in [1.82, 2.24) is 5.32 Å². The Balaban J connectivity index is 1.02. The molecule has 5 aliphatic carbocycles. The second-order valence-electron chi connectivity index (χ2n) is 22.2. The zero-order valence-electron chi connectivity index (χ0n) is 39.2. The number of hydrogen-bond donors (Lipinski definition) is 1. The molecule has 0 spiro atoms. The lowest BCUT2D eigenvalue weighted by Crippen LogP contribution is -2.66. The van der Waals surface area contributed by atoms with Crippen LogP contribution in [0.1, 0.15) is 139 Å². The van der Waals surface area contributed by atoms with Crippen LogP contribution in [0, 0.1) is 56.2 Å². The molecule has 5 aliphatic rings. The van der Waals surface area contributed by atoms with E-state index in [9.17, 15) is 19.2 Å². The lowest BCUT2D eigenvalue weighted by Gasteiger charge is -2.70. The Hall–Kier alpha value is -3.08. The molecule has 1 amide bonds. The Bertz CT molecular complexity index is 1780. The third-order valence-corrected chi connectivity index (χ3v) is 16.8. The van der Waals surface area contributed by atoms with E-state index in [0.717, 1.165) is 56.9 Å². The van der Waals surface area contributed by atoms with E-state index in [4.69, 9.17) is 23.7 Å². The molecule has 1 unspecified atom stereocenters. The molecule has 10 nitrogen and oxygen atoms in total. The van der Waals surface area contributed by atoms with Crippen LogP contribution in [0.2, 0.25) is 0 Å². The van der Waals surface area contributed by atoms with E-state index in [1.54, 1.807) is 0 Å². The zero-order valence-corrected chi connectivity index (χ0v) is 39.2. The first-order chi connectivity index (χ1) is 28.6. The van der Waals surface area contributed by atoms with Crippen molar-refractivity contribution in [2.24, 2.45) is 56.2 Å². The van der Waals surface area contributed by atoms with Gasteiger partial charge in [-0.25, -0.2) is 0 Å². The summed E-state index contributed by atoms with van der Waals surface area (Å²) < 4.78 is 28.1. The summed E-state index contributed by atoms with van der Waals surface area (Å²) in [7, 11) is 0. The van der Waals surface area contributed by atoms with Crippen LogP contribution in [0.15, 0.2) is 42.0 Å². The number of amides is 1. The molecule has 0 heterocycles. The van der Waals surface area contributed by atoms with Crippen molar-refractivity contribution in [2.45, 2.75) is 146 Å². The van der Waals surface area contributed by atoms with Crippen molar-refractivity contribution < 1.29 is 42.9 Å². The quantitative estimate of drug-likeness (QED) is 0.128. The molecule has 0 radical (unpaired) electrons. The van der Waals surface area contributed by atoms with Crippen molar-refractivity contribution in [3.63, 3.8) is 0 Å². The third kappa shape index (κ3) is 9.57. The number of carbonyl (C=O) groups is 4. The third-order valence-electron chi connectivity index (χ3n) is 16.8. The van der Waals surface area contributed by atoms with Gasteiger partial charge in [0.15, 0.2) is 5.78 Å². The van der Waals surface area contributed by atoms with Crippen LogP contribution in [-0.2, 0) is 49.5 Å². The number of nitrogens with one attached hydrogen (secondary N) is 1. The van der Waals surface area contributed by atoms with Crippen molar-refractivity contribution in [1.29, 1.82) is 0 Å². The fourth-order valence-electron chi connectivity index (χ4n) is 13.2. The number of carbonyl (C=O) groups excluding carboxylic acids is 4. The Morgan fingerprint density at radius 3 is 2.08 bits per heavy atom. The molecular weight excluding hydrogens is 771 g/mol. The molecule has 0 bridgehead atoms. The standard InChI is InChI=1S/C51H77NO9/c1-45(2,3)61-41(54)18-26-57-28-30-59-31-29-58-27-25-52-43(55)36-16-19-49(8)40(46(36,4)5)17-20-51(10)42(49)39(53)32-37-38-33-48(7,22-21-47(38,6)23-24-50(37,51)9)44(56)60-34-35-14-12-11-13-15-35/h11-15,32,36,38,40,42H,16-31,33-34H2,1-10H3,(H,52,55)/t36-,38+,40+,42?,47-,48+,49+,50-,51-/m1/s1. The minimum absolute atomic E-state index is 0.0449. The molecule has 0 aromatic heterocycles. The topological polar surface area (TPSA) is 126 Å². The van der Waals surface area contributed by atoms with Crippen LogP contribution in [0.25, 0.3) is 0 Å². The molecule has 1 aromatic rings. The predicted molar refractivity (Wildman–Crippen MR) is 235 cm³/mol. The second kappa shape index (κ2) is 18.2. The SMILES string of the molecule is CC(C)(C)OC(=O)CCOCCOCCOCCNC(=O)[C@H]1CC[C@]2(C)C3C(=O)C=C4[C@@H]5C[C@@](C)(C(=O)OCc6ccccc6)CC[C@]5(C)CC[C@@]4(C)[C@]3(C)CC[C@H]2C1(C)C. The maximum atomic E-state index is 14.9. The van der Waals surface area contributed by atoms with E-state index >= 15 is 0 Å². The lowest BCUT2D eigenvalue weighted by molar-refractivity contribution is -0.195. The summed E-state index contributed by atoms with van der Waals surface area (Å²) in [4.78, 5) is 54.4. The summed E-state index contributed by atoms with van der Waals surface area (Å²) in [5.41, 5.74) is 0.327. The van der Waals surface area contributed by atoms with Gasteiger partial charge in [-0.3, -0.25) is 19.2 Å². The van der Waals surface area contributed by atoms with Crippen molar-refractivity contribution in [3.8, 4) is 0 Å². The molecule has 9 atom stereocenters. The molecule has 4 fully saturated rings. The van der Waals surface area contributed by atoms with E-state index in [-0.39, 0.29) is 87.4 Å². The normalized spacial score (nSPS) is 35.4. The monoisotopic (exact) mass is 848 g/mol. The summed E-state index contributed by atoms with van der Waals surface area (Å²) in [5, 5.41) is 3.17. The summed E-state index contributed by atoms with van der Waals surface area (Å²) >= 11 is 0.